The fraction of sp³-hybridized carbons (Fsp3) is 0.308. The zero-order valence-electron chi connectivity index (χ0n) is 8.74. The second-order valence-corrected chi connectivity index (χ2v) is 3.81. The van der Waals surface area contributed by atoms with Crippen LogP contribution >= 0.6 is 0 Å². The van der Waals surface area contributed by atoms with Crippen LogP contribution in [-0.4, -0.2) is 6.54 Å². The van der Waals surface area contributed by atoms with Crippen LogP contribution in [0.15, 0.2) is 36.5 Å². The Morgan fingerprint density at radius 3 is 2.93 bits per heavy atom. The van der Waals surface area contributed by atoms with Crippen LogP contribution in [0.2, 0.25) is 0 Å². The van der Waals surface area contributed by atoms with Crippen molar-refractivity contribution in [1.29, 1.82) is 0 Å². The molecule has 0 N–H and O–H groups in total. The molecule has 76 valence electrons. The first-order valence-electron chi connectivity index (χ1n) is 5.24. The highest BCUT2D eigenvalue weighted by molar-refractivity contribution is 5.61. The highest BCUT2D eigenvalue weighted by Gasteiger charge is 2.14. The van der Waals surface area contributed by atoms with E-state index in [2.05, 4.69) is 16.3 Å². The van der Waals surface area contributed by atoms with E-state index in [9.17, 15) is 0 Å². The van der Waals surface area contributed by atoms with E-state index in [1.165, 1.54) is 18.5 Å². The second-order valence-electron chi connectivity index (χ2n) is 3.81. The number of piperidine rings is 1. The number of hydrogen-bond donors (Lipinski definition) is 0. The second kappa shape index (κ2) is 4.18. The van der Waals surface area contributed by atoms with Gasteiger partial charge in [0.15, 0.2) is 5.69 Å². The first kappa shape index (κ1) is 9.79. The van der Waals surface area contributed by atoms with Gasteiger partial charge in [-0.1, -0.05) is 18.7 Å². The highest BCUT2D eigenvalue weighted by atomic mass is 15.1. The summed E-state index contributed by atoms with van der Waals surface area (Å²) < 4.78 is 0. The Balaban J connectivity index is 2.28. The fourth-order valence-corrected chi connectivity index (χ4v) is 1.93. The smallest absolute Gasteiger partial charge is 0.189 e. The van der Waals surface area contributed by atoms with Crippen molar-refractivity contribution in [3.63, 3.8) is 0 Å². The zero-order chi connectivity index (χ0) is 10.7. The molecule has 1 aliphatic rings. The van der Waals surface area contributed by atoms with Crippen molar-refractivity contribution in [3.05, 3.63) is 48.0 Å². The van der Waals surface area contributed by atoms with E-state index in [4.69, 9.17) is 6.57 Å². The van der Waals surface area contributed by atoms with Gasteiger partial charge in [0, 0.05) is 17.9 Å². The Morgan fingerprint density at radius 1 is 1.33 bits per heavy atom. The van der Waals surface area contributed by atoms with Crippen LogP contribution in [-0.2, 0) is 0 Å². The molecule has 1 aromatic rings. The van der Waals surface area contributed by atoms with E-state index in [-0.39, 0.29) is 0 Å². The summed E-state index contributed by atoms with van der Waals surface area (Å²) in [5, 5.41) is 0. The van der Waals surface area contributed by atoms with Gasteiger partial charge in [0.25, 0.3) is 0 Å². The van der Waals surface area contributed by atoms with Crippen LogP contribution in [0.4, 0.5) is 11.4 Å². The Bertz CT molecular complexity index is 415. The third-order valence-corrected chi connectivity index (χ3v) is 2.75. The minimum atomic E-state index is 0.700. The van der Waals surface area contributed by atoms with Crippen LogP contribution in [0.25, 0.3) is 4.85 Å². The molecule has 2 rings (SSSR count). The Labute approximate surface area is 90.7 Å². The predicted molar refractivity (Wildman–Crippen MR) is 63.0 cm³/mol. The summed E-state index contributed by atoms with van der Waals surface area (Å²) in [4.78, 5) is 5.67. The maximum atomic E-state index is 6.99. The minimum absolute atomic E-state index is 0.700. The van der Waals surface area contributed by atoms with E-state index in [0.717, 1.165) is 18.7 Å². The van der Waals surface area contributed by atoms with Gasteiger partial charge in [-0.15, -0.1) is 0 Å². The van der Waals surface area contributed by atoms with Gasteiger partial charge in [-0.25, -0.2) is 4.85 Å². The fourth-order valence-electron chi connectivity index (χ4n) is 1.93. The summed E-state index contributed by atoms with van der Waals surface area (Å²) in [5.74, 6) is 0. The van der Waals surface area contributed by atoms with Crippen molar-refractivity contribution in [2.45, 2.75) is 19.3 Å². The van der Waals surface area contributed by atoms with E-state index in [1.807, 2.05) is 24.3 Å². The van der Waals surface area contributed by atoms with Crippen LogP contribution in [0.1, 0.15) is 19.3 Å². The SMILES string of the molecule is [C-]#[N+]c1cccc(N2CCCCC2=C)c1. The molecule has 1 aromatic carbocycles. The molecule has 2 nitrogen and oxygen atoms in total. The van der Waals surface area contributed by atoms with E-state index >= 15 is 0 Å². The van der Waals surface area contributed by atoms with Crippen molar-refractivity contribution in [2.75, 3.05) is 11.4 Å². The van der Waals surface area contributed by atoms with Crippen LogP contribution in [0, 0.1) is 6.57 Å². The summed E-state index contributed by atoms with van der Waals surface area (Å²) in [7, 11) is 0. The Hall–Kier alpha value is -1.75. The number of benzene rings is 1. The predicted octanol–water partition coefficient (Wildman–Crippen LogP) is 3.74. The Kier molecular flexibility index (Phi) is 2.73. The van der Waals surface area contributed by atoms with Crippen molar-refractivity contribution in [1.82, 2.24) is 0 Å². The van der Waals surface area contributed by atoms with Crippen molar-refractivity contribution in [3.8, 4) is 0 Å². The Morgan fingerprint density at radius 2 is 2.20 bits per heavy atom. The summed E-state index contributed by atoms with van der Waals surface area (Å²) in [6.45, 7) is 12.1. The highest BCUT2D eigenvalue weighted by Crippen LogP contribution is 2.28. The molecule has 0 atom stereocenters. The van der Waals surface area contributed by atoms with Crippen molar-refractivity contribution < 1.29 is 0 Å². The third-order valence-electron chi connectivity index (χ3n) is 2.75. The zero-order valence-corrected chi connectivity index (χ0v) is 8.74. The molecule has 0 radical (unpaired) electrons. The van der Waals surface area contributed by atoms with Gasteiger partial charge in [0.1, 0.15) is 0 Å². The molecule has 1 fully saturated rings. The monoisotopic (exact) mass is 198 g/mol. The molecule has 0 amide bonds. The number of allylic oxidation sites excluding steroid dienone is 1. The standard InChI is InChI=1S/C13H14N2/c1-11-6-3-4-9-15(11)13-8-5-7-12(10-13)14-2/h5,7-8,10H,1,3-4,6,9H2. The van der Waals surface area contributed by atoms with Crippen LogP contribution in [0.5, 0.6) is 0 Å². The number of anilines is 1. The van der Waals surface area contributed by atoms with E-state index in [1.54, 1.807) is 0 Å². The van der Waals surface area contributed by atoms with Gasteiger partial charge in [-0.2, -0.15) is 0 Å². The molecule has 0 unspecified atom stereocenters. The minimum Gasteiger partial charge on any atom is -0.347 e. The summed E-state index contributed by atoms with van der Waals surface area (Å²) in [6, 6.07) is 7.75. The molecule has 2 heteroatoms. The molecular formula is C13H14N2. The van der Waals surface area contributed by atoms with Gasteiger partial charge in [-0.05, 0) is 31.4 Å². The molecule has 0 spiro atoms. The van der Waals surface area contributed by atoms with Gasteiger partial charge in [0.2, 0.25) is 0 Å². The van der Waals surface area contributed by atoms with E-state index < -0.39 is 0 Å². The lowest BCUT2D eigenvalue weighted by atomic mass is 10.1. The summed E-state index contributed by atoms with van der Waals surface area (Å²) >= 11 is 0. The topological polar surface area (TPSA) is 7.60 Å². The summed E-state index contributed by atoms with van der Waals surface area (Å²) in [6.07, 6.45) is 3.52. The number of nitrogens with zero attached hydrogens (tertiary/aromatic N) is 2. The number of rotatable bonds is 1. The average Bonchev–Trinajstić information content (AvgIpc) is 2.30. The summed E-state index contributed by atoms with van der Waals surface area (Å²) in [5.41, 5.74) is 2.97. The first-order valence-corrected chi connectivity index (χ1v) is 5.24. The maximum absolute atomic E-state index is 6.99. The van der Waals surface area contributed by atoms with E-state index in [0.29, 0.717) is 5.69 Å². The first-order chi connectivity index (χ1) is 7.31. The molecule has 0 aromatic heterocycles. The lowest BCUT2D eigenvalue weighted by molar-refractivity contribution is 0.641. The molecule has 1 aliphatic heterocycles. The molecule has 15 heavy (non-hydrogen) atoms. The molecular weight excluding hydrogens is 184 g/mol. The number of hydrogen-bond acceptors (Lipinski definition) is 1. The molecule has 0 aliphatic carbocycles. The normalized spacial score (nSPS) is 16.2. The van der Waals surface area contributed by atoms with Crippen LogP contribution < -0.4 is 4.90 Å². The van der Waals surface area contributed by atoms with Gasteiger partial charge in [-0.3, -0.25) is 0 Å². The lowest BCUT2D eigenvalue weighted by Gasteiger charge is -2.31. The molecule has 1 saturated heterocycles. The maximum Gasteiger partial charge on any atom is 0.189 e. The average molecular weight is 198 g/mol. The molecule has 0 saturated carbocycles. The van der Waals surface area contributed by atoms with Gasteiger partial charge < -0.3 is 4.90 Å². The largest absolute Gasteiger partial charge is 0.347 e. The lowest BCUT2D eigenvalue weighted by Crippen LogP contribution is -2.26. The molecule has 1 heterocycles. The quantitative estimate of drug-likeness (QED) is 0.624. The van der Waals surface area contributed by atoms with Crippen molar-refractivity contribution in [2.24, 2.45) is 0 Å². The third kappa shape index (κ3) is 2.02. The molecule has 0 bridgehead atoms. The van der Waals surface area contributed by atoms with Crippen molar-refractivity contribution >= 4 is 11.4 Å². The van der Waals surface area contributed by atoms with Gasteiger partial charge >= 0.3 is 0 Å². The van der Waals surface area contributed by atoms with Gasteiger partial charge in [0.05, 0.1) is 6.57 Å². The van der Waals surface area contributed by atoms with Crippen LogP contribution in [0.3, 0.4) is 0 Å².